The average Bonchev–Trinajstić information content (AvgIpc) is 3.24. The summed E-state index contributed by atoms with van der Waals surface area (Å²) in [4.78, 5) is 3.07. The summed E-state index contributed by atoms with van der Waals surface area (Å²) in [6, 6.07) is 31.1. The van der Waals surface area contributed by atoms with Crippen molar-refractivity contribution in [1.82, 2.24) is 0 Å². The van der Waals surface area contributed by atoms with Crippen molar-refractivity contribution in [2.75, 3.05) is 6.61 Å². The van der Waals surface area contributed by atoms with Gasteiger partial charge in [-0.3, -0.25) is 0 Å². The second kappa shape index (κ2) is 11.1. The Bertz CT molecular complexity index is 1130. The Labute approximate surface area is 209 Å². The van der Waals surface area contributed by atoms with Crippen LogP contribution >= 0.6 is 0 Å². The number of rotatable bonds is 9. The predicted molar refractivity (Wildman–Crippen MR) is 144 cm³/mol. The molecule has 0 aliphatic heterocycles. The molecule has 0 bridgehead atoms. The van der Waals surface area contributed by atoms with Crippen molar-refractivity contribution in [3.05, 3.63) is 119 Å². The molecule has 0 unspecified atom stereocenters. The highest BCUT2D eigenvalue weighted by molar-refractivity contribution is 6.99. The van der Waals surface area contributed by atoms with Crippen LogP contribution in [0.5, 0.6) is 0 Å². The van der Waals surface area contributed by atoms with E-state index >= 15 is 0 Å². The van der Waals surface area contributed by atoms with E-state index in [0.717, 1.165) is 11.1 Å². The molecule has 0 N–H and O–H groups in total. The smallest absolute Gasteiger partial charge is 0.261 e. The number of ether oxygens (including phenoxy) is 1. The van der Waals surface area contributed by atoms with Crippen LogP contribution in [0.2, 0.25) is 5.04 Å². The Balaban J connectivity index is 1.69. The first-order chi connectivity index (χ1) is 16.9. The monoisotopic (exact) mass is 483 g/mol. The van der Waals surface area contributed by atoms with Crippen LogP contribution in [-0.4, -0.2) is 27.1 Å². The zero-order chi connectivity index (χ0) is 24.7. The summed E-state index contributed by atoms with van der Waals surface area (Å²) < 4.78 is 13.4. The molecule has 1 aliphatic carbocycles. The van der Waals surface area contributed by atoms with Gasteiger partial charge in [0.25, 0.3) is 8.32 Å². The molecule has 0 saturated carbocycles. The second-order valence-electron chi connectivity index (χ2n) is 10.00. The summed E-state index contributed by atoms with van der Waals surface area (Å²) in [6.07, 6.45) is 2.47. The quantitative estimate of drug-likeness (QED) is 0.120. The molecule has 5 nitrogen and oxygen atoms in total. The van der Waals surface area contributed by atoms with E-state index in [0.29, 0.717) is 19.6 Å². The second-order valence-corrected chi connectivity index (χ2v) is 14.3. The van der Waals surface area contributed by atoms with Gasteiger partial charge in [-0.05, 0) is 38.5 Å². The van der Waals surface area contributed by atoms with Crippen LogP contribution in [-0.2, 0) is 15.8 Å². The normalized spacial score (nSPS) is 18.1. The van der Waals surface area contributed by atoms with Crippen molar-refractivity contribution in [3.8, 4) is 0 Å². The summed E-state index contributed by atoms with van der Waals surface area (Å²) in [5.74, 6) is 0. The molecule has 6 heteroatoms. The van der Waals surface area contributed by atoms with E-state index in [1.165, 1.54) is 10.4 Å². The van der Waals surface area contributed by atoms with Gasteiger partial charge >= 0.3 is 0 Å². The fourth-order valence-corrected chi connectivity index (χ4v) is 9.66. The highest BCUT2D eigenvalue weighted by Crippen LogP contribution is 2.40. The Morgan fingerprint density at radius 3 is 1.91 bits per heavy atom. The van der Waals surface area contributed by atoms with Gasteiger partial charge in [-0.1, -0.05) is 123 Å². The summed E-state index contributed by atoms with van der Waals surface area (Å²) >= 11 is 0. The van der Waals surface area contributed by atoms with Crippen LogP contribution in [0.3, 0.4) is 0 Å². The summed E-state index contributed by atoms with van der Waals surface area (Å²) in [5, 5.41) is 6.34. The van der Waals surface area contributed by atoms with Crippen LogP contribution in [0.25, 0.3) is 10.4 Å². The number of azide groups is 1. The van der Waals surface area contributed by atoms with Crippen molar-refractivity contribution >= 4 is 18.7 Å². The van der Waals surface area contributed by atoms with E-state index in [1.54, 1.807) is 0 Å². The minimum atomic E-state index is -2.74. The zero-order valence-electron chi connectivity index (χ0n) is 20.7. The molecule has 1 aliphatic rings. The average molecular weight is 484 g/mol. The van der Waals surface area contributed by atoms with Crippen LogP contribution in [0.1, 0.15) is 32.8 Å². The molecule has 0 saturated heterocycles. The first kappa shape index (κ1) is 25.0. The Morgan fingerprint density at radius 2 is 1.40 bits per heavy atom. The van der Waals surface area contributed by atoms with Gasteiger partial charge < -0.3 is 9.16 Å². The molecule has 4 rings (SSSR count). The molecule has 0 fully saturated rings. The van der Waals surface area contributed by atoms with E-state index in [-0.39, 0.29) is 17.2 Å². The fraction of sp³-hybridized carbons (Fsp3) is 0.310. The maximum atomic E-state index is 9.11. The number of nitrogens with zero attached hydrogens (tertiary/aromatic N) is 3. The molecule has 35 heavy (non-hydrogen) atoms. The molecular formula is C29H33N3O2Si. The maximum Gasteiger partial charge on any atom is 0.261 e. The number of hydrogen-bond donors (Lipinski definition) is 0. The SMILES string of the molecule is CC(C)(C)[Si](O[C@H]1C[C@H](N=[N+]=[N-])C=C1COCc1ccccc1)(c1ccccc1)c1ccccc1. The van der Waals surface area contributed by atoms with Crippen molar-refractivity contribution < 1.29 is 9.16 Å². The summed E-state index contributed by atoms with van der Waals surface area (Å²) in [7, 11) is -2.74. The highest BCUT2D eigenvalue weighted by Gasteiger charge is 2.52. The Morgan fingerprint density at radius 1 is 0.857 bits per heavy atom. The lowest BCUT2D eigenvalue weighted by molar-refractivity contribution is 0.121. The molecule has 3 aromatic carbocycles. The Hall–Kier alpha value is -3.15. The molecule has 3 aromatic rings. The molecule has 0 aromatic heterocycles. The van der Waals surface area contributed by atoms with E-state index < -0.39 is 8.32 Å². The largest absolute Gasteiger partial charge is 0.401 e. The third-order valence-electron chi connectivity index (χ3n) is 6.59. The lowest BCUT2D eigenvalue weighted by atomic mass is 10.2. The molecule has 0 heterocycles. The number of benzene rings is 3. The van der Waals surface area contributed by atoms with Crippen molar-refractivity contribution in [1.29, 1.82) is 0 Å². The zero-order valence-corrected chi connectivity index (χ0v) is 21.7. The third-order valence-corrected chi connectivity index (χ3v) is 11.6. The Kier molecular flexibility index (Phi) is 7.89. The van der Waals surface area contributed by atoms with Crippen molar-refractivity contribution in [2.24, 2.45) is 5.11 Å². The third kappa shape index (κ3) is 5.58. The van der Waals surface area contributed by atoms with E-state index in [4.69, 9.17) is 14.7 Å². The topological polar surface area (TPSA) is 67.2 Å². The molecule has 180 valence electrons. The first-order valence-electron chi connectivity index (χ1n) is 12.1. The van der Waals surface area contributed by atoms with Crippen LogP contribution in [0.15, 0.2) is 108 Å². The standard InChI is InChI=1S/C29H33N3O2Si/c1-29(2,3)35(26-15-9-5-10-16-26,27-17-11-6-12-18-27)34-28-20-25(31-32-30)19-24(28)22-33-21-23-13-7-4-8-14-23/h4-19,25,28H,20-22H2,1-3H3/t25-,28+/m1/s1. The molecule has 0 amide bonds. The van der Waals surface area contributed by atoms with E-state index in [9.17, 15) is 0 Å². The van der Waals surface area contributed by atoms with Crippen LogP contribution < -0.4 is 10.4 Å². The van der Waals surface area contributed by atoms with Gasteiger partial charge in [0.15, 0.2) is 0 Å². The van der Waals surface area contributed by atoms with Gasteiger partial charge in [-0.15, -0.1) is 0 Å². The van der Waals surface area contributed by atoms with Crippen LogP contribution in [0.4, 0.5) is 0 Å². The van der Waals surface area contributed by atoms with Crippen molar-refractivity contribution in [2.45, 2.75) is 51.0 Å². The minimum absolute atomic E-state index is 0.137. The first-order valence-corrected chi connectivity index (χ1v) is 14.0. The van der Waals surface area contributed by atoms with Gasteiger partial charge in [-0.2, -0.15) is 0 Å². The summed E-state index contributed by atoms with van der Waals surface area (Å²) in [6.45, 7) is 7.78. The molecule has 0 spiro atoms. The summed E-state index contributed by atoms with van der Waals surface area (Å²) in [5.41, 5.74) is 11.3. The maximum absolute atomic E-state index is 9.11. The molecule has 0 radical (unpaired) electrons. The van der Waals surface area contributed by atoms with E-state index in [2.05, 4.69) is 91.5 Å². The molecule has 2 atom stereocenters. The van der Waals surface area contributed by atoms with E-state index in [1.807, 2.05) is 36.4 Å². The lowest BCUT2D eigenvalue weighted by Crippen LogP contribution is -2.67. The predicted octanol–water partition coefficient (Wildman–Crippen LogP) is 6.16. The number of hydrogen-bond acceptors (Lipinski definition) is 3. The van der Waals surface area contributed by atoms with Gasteiger partial charge in [-0.25, -0.2) is 0 Å². The van der Waals surface area contributed by atoms with Gasteiger partial charge in [0, 0.05) is 4.91 Å². The minimum Gasteiger partial charge on any atom is -0.401 e. The van der Waals surface area contributed by atoms with Gasteiger partial charge in [0.2, 0.25) is 0 Å². The molecular weight excluding hydrogens is 450 g/mol. The fourth-order valence-electron chi connectivity index (χ4n) is 4.97. The van der Waals surface area contributed by atoms with Gasteiger partial charge in [0.1, 0.15) is 0 Å². The van der Waals surface area contributed by atoms with Crippen LogP contribution in [0, 0.1) is 0 Å². The lowest BCUT2D eigenvalue weighted by Gasteiger charge is -2.45. The highest BCUT2D eigenvalue weighted by atomic mass is 28.4. The van der Waals surface area contributed by atoms with Gasteiger partial charge in [0.05, 0.1) is 25.4 Å². The van der Waals surface area contributed by atoms with Crippen molar-refractivity contribution in [3.63, 3.8) is 0 Å².